The van der Waals surface area contributed by atoms with Crippen LogP contribution in [0, 0.1) is 0 Å². The maximum absolute atomic E-state index is 5.90. The van der Waals surface area contributed by atoms with Gasteiger partial charge in [0.15, 0.2) is 5.96 Å². The summed E-state index contributed by atoms with van der Waals surface area (Å²) in [6.45, 7) is 2.68. The van der Waals surface area contributed by atoms with Crippen molar-refractivity contribution in [3.05, 3.63) is 0 Å². The molecule has 6 heteroatoms. The third-order valence-electron chi connectivity index (χ3n) is 5.07. The van der Waals surface area contributed by atoms with Gasteiger partial charge in [-0.25, -0.2) is 0 Å². The Morgan fingerprint density at radius 3 is 2.71 bits per heavy atom. The lowest BCUT2D eigenvalue weighted by molar-refractivity contribution is 0.0782. The predicted molar refractivity (Wildman–Crippen MR) is 87.1 cm³/mol. The summed E-state index contributed by atoms with van der Waals surface area (Å²) in [6, 6.07) is 0.426. The van der Waals surface area contributed by atoms with Crippen LogP contribution in [0.5, 0.6) is 0 Å². The molecule has 120 valence electrons. The molecule has 3 heterocycles. The van der Waals surface area contributed by atoms with Gasteiger partial charge in [0, 0.05) is 31.6 Å². The van der Waals surface area contributed by atoms with Crippen LogP contribution in [-0.4, -0.2) is 62.0 Å². The molecule has 0 aromatic carbocycles. The molecule has 3 aliphatic rings. The Hall–Kier alpha value is -0.460. The summed E-state index contributed by atoms with van der Waals surface area (Å²) in [5, 5.41) is 7.08. The molecule has 0 aromatic heterocycles. The fourth-order valence-electron chi connectivity index (χ4n) is 3.60. The van der Waals surface area contributed by atoms with Crippen molar-refractivity contribution in [3.8, 4) is 0 Å². The maximum Gasteiger partial charge on any atom is 0.191 e. The Morgan fingerprint density at radius 2 is 2.14 bits per heavy atom. The van der Waals surface area contributed by atoms with Crippen LogP contribution in [0.2, 0.25) is 0 Å². The number of nitrogens with one attached hydrogen (secondary N) is 2. The minimum absolute atomic E-state index is 0.279. The molecule has 0 aromatic rings. The highest BCUT2D eigenvalue weighted by molar-refractivity contribution is 8.00. The number of thioether (sulfide) groups is 1. The molecule has 0 saturated carbocycles. The van der Waals surface area contributed by atoms with Gasteiger partial charge >= 0.3 is 0 Å². The van der Waals surface area contributed by atoms with E-state index in [1.54, 1.807) is 0 Å². The second-order valence-corrected chi connectivity index (χ2v) is 7.56. The van der Waals surface area contributed by atoms with Crippen molar-refractivity contribution in [2.75, 3.05) is 33.1 Å². The highest BCUT2D eigenvalue weighted by Crippen LogP contribution is 2.35. The molecule has 3 fully saturated rings. The van der Waals surface area contributed by atoms with Crippen molar-refractivity contribution in [1.82, 2.24) is 10.6 Å². The zero-order valence-corrected chi connectivity index (χ0v) is 13.9. The first-order valence-electron chi connectivity index (χ1n) is 8.00. The van der Waals surface area contributed by atoms with Gasteiger partial charge in [-0.1, -0.05) is 0 Å². The van der Waals surface area contributed by atoms with E-state index in [9.17, 15) is 0 Å². The Bertz CT molecular complexity index is 385. The zero-order valence-electron chi connectivity index (χ0n) is 13.1. The van der Waals surface area contributed by atoms with Crippen LogP contribution in [0.1, 0.15) is 32.1 Å². The molecular formula is C15H27N3O2S. The van der Waals surface area contributed by atoms with Crippen LogP contribution >= 0.6 is 11.8 Å². The molecule has 3 saturated heterocycles. The van der Waals surface area contributed by atoms with Crippen molar-refractivity contribution in [1.29, 1.82) is 0 Å². The highest BCUT2D eigenvalue weighted by Gasteiger charge is 2.41. The minimum atomic E-state index is 0.279. The number of nitrogens with zero attached hydrogens (tertiary/aromatic N) is 1. The van der Waals surface area contributed by atoms with E-state index in [1.165, 1.54) is 12.8 Å². The number of ether oxygens (including phenoxy) is 2. The Balaban J connectivity index is 1.50. The van der Waals surface area contributed by atoms with Gasteiger partial charge in [-0.2, -0.15) is 11.8 Å². The molecule has 0 radical (unpaired) electrons. The second-order valence-electron chi connectivity index (χ2n) is 6.29. The van der Waals surface area contributed by atoms with Gasteiger partial charge in [0.25, 0.3) is 0 Å². The van der Waals surface area contributed by atoms with Crippen molar-refractivity contribution in [3.63, 3.8) is 0 Å². The summed E-state index contributed by atoms with van der Waals surface area (Å²) in [5.41, 5.74) is 0. The monoisotopic (exact) mass is 313 g/mol. The van der Waals surface area contributed by atoms with E-state index in [0.717, 1.165) is 45.0 Å². The molecule has 2 N–H and O–H groups in total. The van der Waals surface area contributed by atoms with Gasteiger partial charge in [-0.3, -0.25) is 4.99 Å². The van der Waals surface area contributed by atoms with E-state index >= 15 is 0 Å². The molecule has 0 spiro atoms. The van der Waals surface area contributed by atoms with Crippen molar-refractivity contribution < 1.29 is 9.47 Å². The quantitative estimate of drug-likeness (QED) is 0.607. The number of guanidine groups is 1. The average molecular weight is 313 g/mol. The SMILES string of the molecule is CN=C(NCC1(SC)CCOCC1)NC1CC2CCC1O2. The van der Waals surface area contributed by atoms with Crippen molar-refractivity contribution >= 4 is 17.7 Å². The molecule has 0 amide bonds. The lowest BCUT2D eigenvalue weighted by Gasteiger charge is -2.36. The maximum atomic E-state index is 5.90. The normalized spacial score (nSPS) is 35.0. The van der Waals surface area contributed by atoms with Crippen LogP contribution in [-0.2, 0) is 9.47 Å². The fourth-order valence-corrected chi connectivity index (χ4v) is 4.39. The molecule has 3 rings (SSSR count). The van der Waals surface area contributed by atoms with Gasteiger partial charge in [0.05, 0.1) is 18.2 Å². The van der Waals surface area contributed by atoms with Crippen LogP contribution in [0.25, 0.3) is 0 Å². The largest absolute Gasteiger partial charge is 0.381 e. The fraction of sp³-hybridized carbons (Fsp3) is 0.933. The van der Waals surface area contributed by atoms with Gasteiger partial charge in [0.2, 0.25) is 0 Å². The summed E-state index contributed by atoms with van der Waals surface area (Å²) in [7, 11) is 1.85. The zero-order chi connectivity index (χ0) is 14.7. The first-order chi connectivity index (χ1) is 10.2. The molecular weight excluding hydrogens is 286 g/mol. The topological polar surface area (TPSA) is 54.9 Å². The van der Waals surface area contributed by atoms with Gasteiger partial charge in [0.1, 0.15) is 0 Å². The minimum Gasteiger partial charge on any atom is -0.381 e. The van der Waals surface area contributed by atoms with Crippen LogP contribution < -0.4 is 10.6 Å². The highest BCUT2D eigenvalue weighted by atomic mass is 32.2. The van der Waals surface area contributed by atoms with Crippen molar-refractivity contribution in [2.24, 2.45) is 4.99 Å². The standard InChI is InChI=1S/C15H27N3O2S/c1-16-14(18-12-9-11-3-4-13(12)20-11)17-10-15(21-2)5-7-19-8-6-15/h11-13H,3-10H2,1-2H3,(H2,16,17,18). The van der Waals surface area contributed by atoms with Gasteiger partial charge < -0.3 is 20.1 Å². The third-order valence-corrected chi connectivity index (χ3v) is 6.49. The third kappa shape index (κ3) is 3.48. The van der Waals surface area contributed by atoms with E-state index in [0.29, 0.717) is 18.2 Å². The number of rotatable bonds is 4. The first kappa shape index (κ1) is 15.4. The summed E-state index contributed by atoms with van der Waals surface area (Å²) in [6.07, 6.45) is 8.80. The second kappa shape index (κ2) is 6.75. The van der Waals surface area contributed by atoms with Crippen LogP contribution in [0.15, 0.2) is 4.99 Å². The summed E-state index contributed by atoms with van der Waals surface area (Å²) in [4.78, 5) is 4.38. The number of hydrogen-bond donors (Lipinski definition) is 2. The first-order valence-corrected chi connectivity index (χ1v) is 9.23. The van der Waals surface area contributed by atoms with E-state index in [-0.39, 0.29) is 4.75 Å². The van der Waals surface area contributed by atoms with Crippen LogP contribution in [0.4, 0.5) is 0 Å². The molecule has 21 heavy (non-hydrogen) atoms. The molecule has 0 aliphatic carbocycles. The van der Waals surface area contributed by atoms with E-state index < -0.39 is 0 Å². The molecule has 3 aliphatic heterocycles. The Kier molecular flexibility index (Phi) is 4.96. The summed E-state index contributed by atoms with van der Waals surface area (Å²) in [5.74, 6) is 0.913. The average Bonchev–Trinajstić information content (AvgIpc) is 3.15. The lowest BCUT2D eigenvalue weighted by atomic mass is 9.95. The summed E-state index contributed by atoms with van der Waals surface area (Å²) < 4.78 is 11.7. The smallest absolute Gasteiger partial charge is 0.191 e. The van der Waals surface area contributed by atoms with E-state index in [1.807, 2.05) is 18.8 Å². The van der Waals surface area contributed by atoms with Gasteiger partial charge in [-0.15, -0.1) is 0 Å². The Labute approximate surface area is 131 Å². The molecule has 2 bridgehead atoms. The van der Waals surface area contributed by atoms with E-state index in [2.05, 4.69) is 21.9 Å². The number of fused-ring (bicyclic) bond motifs is 2. The predicted octanol–water partition coefficient (Wildman–Crippen LogP) is 1.38. The van der Waals surface area contributed by atoms with Crippen molar-refractivity contribution in [2.45, 2.75) is 55.1 Å². The summed E-state index contributed by atoms with van der Waals surface area (Å²) >= 11 is 1.95. The molecule has 5 nitrogen and oxygen atoms in total. The molecule has 3 atom stereocenters. The lowest BCUT2D eigenvalue weighted by Crippen LogP contribution is -2.51. The number of hydrogen-bond acceptors (Lipinski definition) is 4. The van der Waals surface area contributed by atoms with Crippen LogP contribution in [0.3, 0.4) is 0 Å². The number of aliphatic imine (C=N–C) groups is 1. The Morgan fingerprint density at radius 1 is 1.33 bits per heavy atom. The molecule has 3 unspecified atom stereocenters. The van der Waals surface area contributed by atoms with E-state index in [4.69, 9.17) is 9.47 Å². The van der Waals surface area contributed by atoms with Gasteiger partial charge in [-0.05, 0) is 38.4 Å².